The van der Waals surface area contributed by atoms with E-state index in [1.54, 1.807) is 6.07 Å². The summed E-state index contributed by atoms with van der Waals surface area (Å²) in [6, 6.07) is 5.17. The lowest BCUT2D eigenvalue weighted by atomic mass is 9.78. The van der Waals surface area contributed by atoms with Crippen LogP contribution in [0.1, 0.15) is 62.1 Å². The molecule has 0 bridgehead atoms. The SMILES string of the molecule is CC(C)CC1(CNCc2cccc(C(=O)O)n2)CCCC1. The van der Waals surface area contributed by atoms with Crippen LogP contribution in [0.4, 0.5) is 0 Å². The Kier molecular flexibility index (Phi) is 5.34. The maximum Gasteiger partial charge on any atom is 0.354 e. The van der Waals surface area contributed by atoms with Crippen LogP contribution in [0, 0.1) is 11.3 Å². The fourth-order valence-electron chi connectivity index (χ4n) is 3.60. The topological polar surface area (TPSA) is 62.2 Å². The molecule has 2 N–H and O–H groups in total. The lowest BCUT2D eigenvalue weighted by Gasteiger charge is -2.31. The van der Waals surface area contributed by atoms with Crippen LogP contribution in [-0.4, -0.2) is 22.6 Å². The average Bonchev–Trinajstić information content (AvgIpc) is 2.87. The number of aromatic nitrogens is 1. The number of hydrogen-bond acceptors (Lipinski definition) is 3. The number of rotatable bonds is 7. The van der Waals surface area contributed by atoms with Crippen molar-refractivity contribution in [2.45, 2.75) is 52.5 Å². The van der Waals surface area contributed by atoms with Gasteiger partial charge in [-0.25, -0.2) is 9.78 Å². The highest BCUT2D eigenvalue weighted by Crippen LogP contribution is 2.42. The number of aromatic carboxylic acids is 1. The van der Waals surface area contributed by atoms with Crippen molar-refractivity contribution in [3.05, 3.63) is 29.6 Å². The van der Waals surface area contributed by atoms with Gasteiger partial charge in [0, 0.05) is 13.1 Å². The van der Waals surface area contributed by atoms with Gasteiger partial charge >= 0.3 is 5.97 Å². The van der Waals surface area contributed by atoms with Crippen LogP contribution in [0.15, 0.2) is 18.2 Å². The van der Waals surface area contributed by atoms with Gasteiger partial charge in [0.15, 0.2) is 0 Å². The molecule has 0 unspecified atom stereocenters. The highest BCUT2D eigenvalue weighted by Gasteiger charge is 2.33. The Morgan fingerprint density at radius 3 is 2.71 bits per heavy atom. The molecule has 21 heavy (non-hydrogen) atoms. The molecule has 1 heterocycles. The molecule has 0 spiro atoms. The van der Waals surface area contributed by atoms with Gasteiger partial charge in [0.2, 0.25) is 0 Å². The highest BCUT2D eigenvalue weighted by molar-refractivity contribution is 5.85. The molecule has 1 aliphatic rings. The quantitative estimate of drug-likeness (QED) is 0.807. The van der Waals surface area contributed by atoms with Crippen LogP contribution in [-0.2, 0) is 6.54 Å². The molecule has 0 aliphatic heterocycles. The lowest BCUT2D eigenvalue weighted by molar-refractivity contribution is 0.0690. The van der Waals surface area contributed by atoms with Crippen LogP contribution < -0.4 is 5.32 Å². The Morgan fingerprint density at radius 1 is 1.38 bits per heavy atom. The molecule has 1 saturated carbocycles. The zero-order valence-corrected chi connectivity index (χ0v) is 13.1. The van der Waals surface area contributed by atoms with E-state index in [0.29, 0.717) is 12.0 Å². The molecule has 2 rings (SSSR count). The normalized spacial score (nSPS) is 17.3. The Balaban J connectivity index is 1.90. The zero-order chi connectivity index (χ0) is 15.3. The summed E-state index contributed by atoms with van der Waals surface area (Å²) < 4.78 is 0. The first-order chi connectivity index (χ1) is 10.0. The molecule has 4 heteroatoms. The van der Waals surface area contributed by atoms with Crippen LogP contribution in [0.3, 0.4) is 0 Å². The summed E-state index contributed by atoms with van der Waals surface area (Å²) >= 11 is 0. The molecule has 4 nitrogen and oxygen atoms in total. The predicted molar refractivity (Wildman–Crippen MR) is 83.3 cm³/mol. The second kappa shape index (κ2) is 7.03. The molecule has 1 aliphatic carbocycles. The third-order valence-electron chi connectivity index (χ3n) is 4.34. The largest absolute Gasteiger partial charge is 0.477 e. The van der Waals surface area contributed by atoms with Crippen LogP contribution >= 0.6 is 0 Å². The van der Waals surface area contributed by atoms with E-state index in [1.807, 2.05) is 6.07 Å². The minimum atomic E-state index is -0.969. The van der Waals surface area contributed by atoms with Gasteiger partial charge in [0.05, 0.1) is 5.69 Å². The van der Waals surface area contributed by atoms with Gasteiger partial charge in [-0.2, -0.15) is 0 Å². The third-order valence-corrected chi connectivity index (χ3v) is 4.34. The number of carboxylic acids is 1. The van der Waals surface area contributed by atoms with Crippen LogP contribution in [0.25, 0.3) is 0 Å². The fraction of sp³-hybridized carbons (Fsp3) is 0.647. The van der Waals surface area contributed by atoms with E-state index in [0.717, 1.165) is 18.2 Å². The van der Waals surface area contributed by atoms with Crippen molar-refractivity contribution in [3.8, 4) is 0 Å². The van der Waals surface area contributed by atoms with Crippen molar-refractivity contribution in [3.63, 3.8) is 0 Å². The first-order valence-electron chi connectivity index (χ1n) is 7.91. The van der Waals surface area contributed by atoms with Crippen molar-refractivity contribution in [1.29, 1.82) is 0 Å². The molecule has 0 amide bonds. The Bertz CT molecular complexity index is 479. The minimum absolute atomic E-state index is 0.118. The molecule has 0 radical (unpaired) electrons. The predicted octanol–water partition coefficient (Wildman–Crippen LogP) is 3.48. The summed E-state index contributed by atoms with van der Waals surface area (Å²) in [5.41, 5.74) is 1.35. The molecule has 1 fully saturated rings. The second-order valence-electron chi connectivity index (χ2n) is 6.73. The summed E-state index contributed by atoms with van der Waals surface area (Å²) in [6.45, 7) is 6.22. The molecule has 116 valence electrons. The monoisotopic (exact) mass is 290 g/mol. The molecular weight excluding hydrogens is 264 g/mol. The van der Waals surface area contributed by atoms with E-state index in [1.165, 1.54) is 38.2 Å². The van der Waals surface area contributed by atoms with Crippen LogP contribution in [0.5, 0.6) is 0 Å². The van der Waals surface area contributed by atoms with E-state index >= 15 is 0 Å². The molecular formula is C17H26N2O2. The number of nitrogens with one attached hydrogen (secondary N) is 1. The van der Waals surface area contributed by atoms with Gasteiger partial charge in [0.25, 0.3) is 0 Å². The summed E-state index contributed by atoms with van der Waals surface area (Å²) in [6.07, 6.45) is 6.55. The van der Waals surface area contributed by atoms with E-state index in [-0.39, 0.29) is 5.69 Å². The number of nitrogens with zero attached hydrogens (tertiary/aromatic N) is 1. The van der Waals surface area contributed by atoms with Crippen LogP contribution in [0.2, 0.25) is 0 Å². The molecule has 0 aromatic carbocycles. The highest BCUT2D eigenvalue weighted by atomic mass is 16.4. The standard InChI is InChI=1S/C17H26N2O2/c1-13(2)10-17(8-3-4-9-17)12-18-11-14-6-5-7-15(19-14)16(20)21/h5-7,13,18H,3-4,8-12H2,1-2H3,(H,20,21). The number of pyridine rings is 1. The van der Waals surface area contributed by atoms with E-state index in [2.05, 4.69) is 24.1 Å². The van der Waals surface area contributed by atoms with Gasteiger partial charge < -0.3 is 10.4 Å². The number of carbonyl (C=O) groups is 1. The minimum Gasteiger partial charge on any atom is -0.477 e. The van der Waals surface area contributed by atoms with Crippen molar-refractivity contribution in [2.75, 3.05) is 6.54 Å². The third kappa shape index (κ3) is 4.53. The van der Waals surface area contributed by atoms with Gasteiger partial charge in [-0.1, -0.05) is 32.8 Å². The number of carboxylic acid groups (broad SMARTS) is 1. The van der Waals surface area contributed by atoms with Crippen molar-refractivity contribution in [1.82, 2.24) is 10.3 Å². The average molecular weight is 290 g/mol. The Labute approximate surface area is 127 Å². The summed E-state index contributed by atoms with van der Waals surface area (Å²) in [5.74, 6) is -0.248. The van der Waals surface area contributed by atoms with E-state index < -0.39 is 5.97 Å². The van der Waals surface area contributed by atoms with Gasteiger partial charge in [-0.05, 0) is 42.7 Å². The van der Waals surface area contributed by atoms with Gasteiger partial charge in [-0.3, -0.25) is 0 Å². The zero-order valence-electron chi connectivity index (χ0n) is 13.1. The summed E-state index contributed by atoms with van der Waals surface area (Å²) in [5, 5.41) is 12.5. The Morgan fingerprint density at radius 2 is 2.10 bits per heavy atom. The first kappa shape index (κ1) is 16.0. The first-order valence-corrected chi connectivity index (χ1v) is 7.91. The summed E-state index contributed by atoms with van der Waals surface area (Å²) in [4.78, 5) is 15.1. The lowest BCUT2D eigenvalue weighted by Crippen LogP contribution is -2.33. The van der Waals surface area contributed by atoms with Crippen molar-refractivity contribution < 1.29 is 9.90 Å². The van der Waals surface area contributed by atoms with Crippen molar-refractivity contribution in [2.24, 2.45) is 11.3 Å². The maximum absolute atomic E-state index is 10.9. The summed E-state index contributed by atoms with van der Waals surface area (Å²) in [7, 11) is 0. The smallest absolute Gasteiger partial charge is 0.354 e. The van der Waals surface area contributed by atoms with Crippen molar-refractivity contribution >= 4 is 5.97 Å². The molecule has 1 aromatic heterocycles. The van der Waals surface area contributed by atoms with Gasteiger partial charge in [-0.15, -0.1) is 0 Å². The van der Waals surface area contributed by atoms with Gasteiger partial charge in [0.1, 0.15) is 5.69 Å². The molecule has 0 saturated heterocycles. The number of hydrogen-bond donors (Lipinski definition) is 2. The van der Waals surface area contributed by atoms with E-state index in [9.17, 15) is 4.79 Å². The fourth-order valence-corrected chi connectivity index (χ4v) is 3.60. The Hall–Kier alpha value is -1.42. The second-order valence-corrected chi connectivity index (χ2v) is 6.73. The molecule has 1 aromatic rings. The van der Waals surface area contributed by atoms with E-state index in [4.69, 9.17) is 5.11 Å². The maximum atomic E-state index is 10.9. The molecule has 0 atom stereocenters.